The maximum absolute atomic E-state index is 13.1. The second kappa shape index (κ2) is 6.45. The van der Waals surface area contributed by atoms with E-state index in [0.29, 0.717) is 18.1 Å². The summed E-state index contributed by atoms with van der Waals surface area (Å²) in [6.07, 6.45) is 0. The van der Waals surface area contributed by atoms with Crippen molar-refractivity contribution in [2.45, 2.75) is 13.1 Å². The Morgan fingerprint density at radius 2 is 1.90 bits per heavy atom. The minimum Gasteiger partial charge on any atom is -0.309 e. The van der Waals surface area contributed by atoms with Gasteiger partial charge in [-0.2, -0.15) is 0 Å². The van der Waals surface area contributed by atoms with E-state index in [1.54, 1.807) is 18.2 Å². The Kier molecular flexibility index (Phi) is 4.65. The summed E-state index contributed by atoms with van der Waals surface area (Å²) < 4.78 is 13.1. The minimum absolute atomic E-state index is 0.0538. The second-order valence-corrected chi connectivity index (χ2v) is 4.74. The van der Waals surface area contributed by atoms with Gasteiger partial charge in [-0.25, -0.2) is 4.39 Å². The van der Waals surface area contributed by atoms with Gasteiger partial charge in [-0.1, -0.05) is 23.7 Å². The van der Waals surface area contributed by atoms with Crippen molar-refractivity contribution in [1.82, 2.24) is 5.32 Å². The molecule has 0 aliphatic carbocycles. The molecule has 0 aliphatic heterocycles. The molecular weight excluding hydrogens is 283 g/mol. The average Bonchev–Trinajstić information content (AvgIpc) is 2.38. The quantitative estimate of drug-likeness (QED) is 0.676. The molecule has 0 radical (unpaired) electrons. The summed E-state index contributed by atoms with van der Waals surface area (Å²) in [6.45, 7) is 0.885. The predicted molar refractivity (Wildman–Crippen MR) is 75.1 cm³/mol. The van der Waals surface area contributed by atoms with E-state index in [1.165, 1.54) is 24.3 Å². The van der Waals surface area contributed by atoms with Gasteiger partial charge in [0.2, 0.25) is 0 Å². The monoisotopic (exact) mass is 294 g/mol. The molecule has 1 N–H and O–H groups in total. The number of halogens is 2. The molecule has 0 aliphatic rings. The third-order valence-corrected chi connectivity index (χ3v) is 2.92. The molecule has 2 aromatic carbocycles. The standard InChI is InChI=1S/C14H12ClFN2O2/c15-12-4-11(5-13(16)7-12)9-17-8-10-2-1-3-14(6-10)18(19)20/h1-7,17H,8-9H2. The average molecular weight is 295 g/mol. The second-order valence-electron chi connectivity index (χ2n) is 4.31. The summed E-state index contributed by atoms with van der Waals surface area (Å²) in [5, 5.41) is 14.1. The molecule has 0 unspecified atom stereocenters. The van der Waals surface area contributed by atoms with Crippen LogP contribution in [0.4, 0.5) is 10.1 Å². The van der Waals surface area contributed by atoms with Gasteiger partial charge in [-0.05, 0) is 29.3 Å². The van der Waals surface area contributed by atoms with Gasteiger partial charge in [0, 0.05) is 30.2 Å². The number of non-ortho nitro benzene ring substituents is 1. The molecular formula is C14H12ClFN2O2. The van der Waals surface area contributed by atoms with Crippen molar-refractivity contribution in [2.75, 3.05) is 0 Å². The molecule has 0 amide bonds. The fraction of sp³-hybridized carbons (Fsp3) is 0.143. The normalized spacial score (nSPS) is 10.5. The number of rotatable bonds is 5. The summed E-state index contributed by atoms with van der Waals surface area (Å²) in [6, 6.07) is 10.7. The van der Waals surface area contributed by atoms with E-state index in [2.05, 4.69) is 5.32 Å². The topological polar surface area (TPSA) is 55.2 Å². The molecule has 20 heavy (non-hydrogen) atoms. The highest BCUT2D eigenvalue weighted by Crippen LogP contribution is 2.15. The van der Waals surface area contributed by atoms with Crippen LogP contribution in [0.1, 0.15) is 11.1 Å². The number of benzene rings is 2. The van der Waals surface area contributed by atoms with Gasteiger partial charge < -0.3 is 5.32 Å². The van der Waals surface area contributed by atoms with E-state index in [9.17, 15) is 14.5 Å². The SMILES string of the molecule is O=[N+]([O-])c1cccc(CNCc2cc(F)cc(Cl)c2)c1. The van der Waals surface area contributed by atoms with Crippen molar-refractivity contribution in [3.63, 3.8) is 0 Å². The van der Waals surface area contributed by atoms with Gasteiger partial charge in [-0.15, -0.1) is 0 Å². The first-order chi connectivity index (χ1) is 9.54. The zero-order valence-electron chi connectivity index (χ0n) is 10.5. The Labute approximate surface area is 120 Å². The molecule has 4 nitrogen and oxygen atoms in total. The molecule has 0 saturated carbocycles. The number of hydrogen-bond donors (Lipinski definition) is 1. The highest BCUT2D eigenvalue weighted by atomic mass is 35.5. The van der Waals surface area contributed by atoms with Gasteiger partial charge in [0.05, 0.1) is 4.92 Å². The summed E-state index contributed by atoms with van der Waals surface area (Å²) in [5.41, 5.74) is 1.57. The molecule has 6 heteroatoms. The molecule has 2 rings (SSSR count). The first kappa shape index (κ1) is 14.4. The van der Waals surface area contributed by atoms with Crippen molar-refractivity contribution < 1.29 is 9.31 Å². The molecule has 0 spiro atoms. The highest BCUT2D eigenvalue weighted by Gasteiger charge is 2.05. The van der Waals surface area contributed by atoms with Crippen LogP contribution in [0.25, 0.3) is 0 Å². The van der Waals surface area contributed by atoms with Crippen LogP contribution in [0.2, 0.25) is 5.02 Å². The lowest BCUT2D eigenvalue weighted by atomic mass is 10.2. The maximum Gasteiger partial charge on any atom is 0.269 e. The van der Waals surface area contributed by atoms with Crippen molar-refractivity contribution in [2.24, 2.45) is 0 Å². The molecule has 0 heterocycles. The van der Waals surface area contributed by atoms with Crippen molar-refractivity contribution in [3.8, 4) is 0 Å². The molecule has 0 aromatic heterocycles. The van der Waals surface area contributed by atoms with E-state index in [0.717, 1.165) is 11.1 Å². The number of nitrogens with zero attached hydrogens (tertiary/aromatic N) is 1. The van der Waals surface area contributed by atoms with Crippen LogP contribution in [0.3, 0.4) is 0 Å². The first-order valence-corrected chi connectivity index (χ1v) is 6.31. The van der Waals surface area contributed by atoms with Crippen molar-refractivity contribution in [3.05, 3.63) is 74.5 Å². The van der Waals surface area contributed by atoms with Crippen LogP contribution in [0.15, 0.2) is 42.5 Å². The number of hydrogen-bond acceptors (Lipinski definition) is 3. The number of nitro groups is 1. The van der Waals surface area contributed by atoms with Crippen molar-refractivity contribution >= 4 is 17.3 Å². The third kappa shape index (κ3) is 4.01. The van der Waals surface area contributed by atoms with Crippen LogP contribution in [0, 0.1) is 15.9 Å². The lowest BCUT2D eigenvalue weighted by Crippen LogP contribution is -2.12. The summed E-state index contributed by atoms with van der Waals surface area (Å²) in [5.74, 6) is -0.385. The Hall–Kier alpha value is -1.98. The third-order valence-electron chi connectivity index (χ3n) is 2.70. The van der Waals surface area contributed by atoms with Crippen LogP contribution in [-0.2, 0) is 13.1 Å². The largest absolute Gasteiger partial charge is 0.309 e. The van der Waals surface area contributed by atoms with Gasteiger partial charge in [-0.3, -0.25) is 10.1 Å². The van der Waals surface area contributed by atoms with Gasteiger partial charge >= 0.3 is 0 Å². The Morgan fingerprint density at radius 1 is 1.15 bits per heavy atom. The predicted octanol–water partition coefficient (Wildman–Crippen LogP) is 3.68. The smallest absolute Gasteiger partial charge is 0.269 e. The van der Waals surface area contributed by atoms with E-state index in [1.807, 2.05) is 0 Å². The van der Waals surface area contributed by atoms with Crippen LogP contribution < -0.4 is 5.32 Å². The van der Waals surface area contributed by atoms with E-state index in [-0.39, 0.29) is 11.5 Å². The molecule has 0 saturated heterocycles. The Morgan fingerprint density at radius 3 is 2.60 bits per heavy atom. The van der Waals surface area contributed by atoms with Gasteiger partial charge in [0.1, 0.15) is 5.82 Å². The fourth-order valence-corrected chi connectivity index (χ4v) is 2.09. The number of nitro benzene ring substituents is 1. The van der Waals surface area contributed by atoms with Gasteiger partial charge in [0.25, 0.3) is 5.69 Å². The maximum atomic E-state index is 13.1. The zero-order valence-corrected chi connectivity index (χ0v) is 11.2. The van der Waals surface area contributed by atoms with Crippen LogP contribution in [0.5, 0.6) is 0 Å². The molecule has 104 valence electrons. The van der Waals surface area contributed by atoms with Crippen LogP contribution in [-0.4, -0.2) is 4.92 Å². The Bertz CT molecular complexity index is 614. The first-order valence-electron chi connectivity index (χ1n) is 5.93. The summed E-state index contributed by atoms with van der Waals surface area (Å²) in [7, 11) is 0. The summed E-state index contributed by atoms with van der Waals surface area (Å²) in [4.78, 5) is 10.2. The van der Waals surface area contributed by atoms with E-state index in [4.69, 9.17) is 11.6 Å². The van der Waals surface area contributed by atoms with Crippen LogP contribution >= 0.6 is 11.6 Å². The fourth-order valence-electron chi connectivity index (χ4n) is 1.84. The van der Waals surface area contributed by atoms with Crippen molar-refractivity contribution in [1.29, 1.82) is 0 Å². The number of nitrogens with one attached hydrogen (secondary N) is 1. The molecule has 0 bridgehead atoms. The molecule has 0 fully saturated rings. The lowest BCUT2D eigenvalue weighted by molar-refractivity contribution is -0.384. The summed E-state index contributed by atoms with van der Waals surface area (Å²) >= 11 is 5.76. The Balaban J connectivity index is 1.95. The van der Waals surface area contributed by atoms with E-state index >= 15 is 0 Å². The van der Waals surface area contributed by atoms with Gasteiger partial charge in [0.15, 0.2) is 0 Å². The lowest BCUT2D eigenvalue weighted by Gasteiger charge is -2.06. The highest BCUT2D eigenvalue weighted by molar-refractivity contribution is 6.30. The van der Waals surface area contributed by atoms with E-state index < -0.39 is 4.92 Å². The minimum atomic E-state index is -0.435. The molecule has 2 aromatic rings. The molecule has 0 atom stereocenters. The zero-order chi connectivity index (χ0) is 14.5.